The van der Waals surface area contributed by atoms with Crippen molar-refractivity contribution in [1.82, 2.24) is 15.1 Å². The molecule has 0 saturated heterocycles. The van der Waals surface area contributed by atoms with Crippen molar-refractivity contribution >= 4 is 11.7 Å². The fourth-order valence-corrected chi connectivity index (χ4v) is 2.44. The van der Waals surface area contributed by atoms with Gasteiger partial charge in [-0.3, -0.25) is 9.48 Å². The molecule has 2 rings (SSSR count). The van der Waals surface area contributed by atoms with Crippen LogP contribution in [0.15, 0.2) is 12.3 Å². The predicted molar refractivity (Wildman–Crippen MR) is 66.2 cm³/mol. The summed E-state index contributed by atoms with van der Waals surface area (Å²) < 4.78 is 1.56. The summed E-state index contributed by atoms with van der Waals surface area (Å²) in [5.74, 6) is 1.83. The molecule has 17 heavy (non-hydrogen) atoms. The fraction of sp³-hybridized carbons (Fsp3) is 0.667. The van der Waals surface area contributed by atoms with E-state index in [1.54, 1.807) is 16.9 Å². The van der Waals surface area contributed by atoms with Gasteiger partial charge in [0, 0.05) is 12.7 Å². The molecule has 0 aromatic carbocycles. The molecule has 0 radical (unpaired) electrons. The van der Waals surface area contributed by atoms with E-state index in [1.165, 1.54) is 19.3 Å². The Labute approximate surface area is 101 Å². The maximum Gasteiger partial charge on any atom is 0.241 e. The summed E-state index contributed by atoms with van der Waals surface area (Å²) in [6.07, 6.45) is 5.52. The first-order valence-electron chi connectivity index (χ1n) is 6.21. The molecule has 1 fully saturated rings. The Balaban J connectivity index is 1.74. The van der Waals surface area contributed by atoms with Gasteiger partial charge in [-0.1, -0.05) is 19.8 Å². The number of hydrogen-bond donors (Lipinski definition) is 2. The molecule has 3 N–H and O–H groups in total. The van der Waals surface area contributed by atoms with Crippen LogP contribution in [0.25, 0.3) is 0 Å². The molecule has 1 aliphatic rings. The number of anilines is 1. The van der Waals surface area contributed by atoms with Gasteiger partial charge in [0.25, 0.3) is 0 Å². The van der Waals surface area contributed by atoms with E-state index in [0.717, 1.165) is 12.5 Å². The zero-order chi connectivity index (χ0) is 12.3. The number of carbonyl (C=O) groups is 1. The van der Waals surface area contributed by atoms with E-state index in [2.05, 4.69) is 17.3 Å². The van der Waals surface area contributed by atoms with Crippen LogP contribution in [-0.4, -0.2) is 22.2 Å². The van der Waals surface area contributed by atoms with E-state index in [4.69, 9.17) is 5.73 Å². The van der Waals surface area contributed by atoms with E-state index in [1.807, 2.05) is 0 Å². The molecule has 2 unspecified atom stereocenters. The molecule has 1 amide bonds. The van der Waals surface area contributed by atoms with Gasteiger partial charge in [-0.2, -0.15) is 5.10 Å². The van der Waals surface area contributed by atoms with E-state index < -0.39 is 0 Å². The van der Waals surface area contributed by atoms with Crippen molar-refractivity contribution in [2.45, 2.75) is 32.7 Å². The van der Waals surface area contributed by atoms with E-state index in [-0.39, 0.29) is 12.5 Å². The second-order valence-electron chi connectivity index (χ2n) is 4.91. The van der Waals surface area contributed by atoms with Crippen LogP contribution in [0.1, 0.15) is 26.2 Å². The van der Waals surface area contributed by atoms with Crippen molar-refractivity contribution in [2.24, 2.45) is 11.8 Å². The van der Waals surface area contributed by atoms with Crippen molar-refractivity contribution < 1.29 is 4.79 Å². The normalized spacial score (nSPS) is 23.8. The van der Waals surface area contributed by atoms with E-state index >= 15 is 0 Å². The number of aromatic nitrogens is 2. The molecule has 1 heterocycles. The third kappa shape index (κ3) is 3.22. The zero-order valence-corrected chi connectivity index (χ0v) is 10.2. The number of rotatable bonds is 4. The molecule has 0 spiro atoms. The van der Waals surface area contributed by atoms with Crippen molar-refractivity contribution in [2.75, 3.05) is 12.3 Å². The molecular weight excluding hydrogens is 216 g/mol. The number of nitrogens with zero attached hydrogens (tertiary/aromatic N) is 2. The standard InChI is InChI=1S/C12H20N4O/c1-9-3-2-4-10(9)7-14-12(17)8-16-6-5-11(13)15-16/h5-6,9-10H,2-4,7-8H2,1H3,(H2,13,15)(H,14,17). The number of hydrogen-bond acceptors (Lipinski definition) is 3. The Morgan fingerprint density at radius 3 is 3.06 bits per heavy atom. The van der Waals surface area contributed by atoms with E-state index in [9.17, 15) is 4.79 Å². The number of nitrogen functional groups attached to an aromatic ring is 1. The average molecular weight is 236 g/mol. The van der Waals surface area contributed by atoms with Crippen molar-refractivity contribution in [1.29, 1.82) is 0 Å². The monoisotopic (exact) mass is 236 g/mol. The van der Waals surface area contributed by atoms with Gasteiger partial charge in [0.15, 0.2) is 0 Å². The summed E-state index contributed by atoms with van der Waals surface area (Å²) in [6, 6.07) is 1.69. The highest BCUT2D eigenvalue weighted by atomic mass is 16.2. The summed E-state index contributed by atoms with van der Waals surface area (Å²) in [6.45, 7) is 3.30. The minimum absolute atomic E-state index is 0.00667. The molecule has 1 saturated carbocycles. The Hall–Kier alpha value is -1.52. The minimum Gasteiger partial charge on any atom is -0.382 e. The molecule has 1 aromatic heterocycles. The van der Waals surface area contributed by atoms with E-state index in [0.29, 0.717) is 11.7 Å². The van der Waals surface area contributed by atoms with Gasteiger partial charge in [0.2, 0.25) is 5.91 Å². The number of amides is 1. The third-order valence-corrected chi connectivity index (χ3v) is 3.57. The molecule has 0 bridgehead atoms. The lowest BCUT2D eigenvalue weighted by atomic mass is 9.98. The topological polar surface area (TPSA) is 72.9 Å². The maximum atomic E-state index is 11.7. The fourth-order valence-electron chi connectivity index (χ4n) is 2.44. The van der Waals surface area contributed by atoms with Crippen molar-refractivity contribution in [3.63, 3.8) is 0 Å². The van der Waals surface area contributed by atoms with Crippen LogP contribution in [-0.2, 0) is 11.3 Å². The molecule has 1 aromatic rings. The SMILES string of the molecule is CC1CCCC1CNC(=O)Cn1ccc(N)n1. The molecule has 1 aliphatic carbocycles. The van der Waals surface area contributed by atoms with Crippen LogP contribution in [0.2, 0.25) is 0 Å². The highest BCUT2D eigenvalue weighted by molar-refractivity contribution is 5.75. The molecule has 5 nitrogen and oxygen atoms in total. The second-order valence-corrected chi connectivity index (χ2v) is 4.91. The highest BCUT2D eigenvalue weighted by Crippen LogP contribution is 2.30. The summed E-state index contributed by atoms with van der Waals surface area (Å²) >= 11 is 0. The Morgan fingerprint density at radius 2 is 2.47 bits per heavy atom. The molecule has 2 atom stereocenters. The maximum absolute atomic E-state index is 11.7. The second kappa shape index (κ2) is 5.21. The summed E-state index contributed by atoms with van der Waals surface area (Å²) in [7, 11) is 0. The summed E-state index contributed by atoms with van der Waals surface area (Å²) in [5, 5.41) is 6.95. The van der Waals surface area contributed by atoms with Crippen LogP contribution in [0.5, 0.6) is 0 Å². The van der Waals surface area contributed by atoms with Crippen molar-refractivity contribution in [3.05, 3.63) is 12.3 Å². The lowest BCUT2D eigenvalue weighted by molar-refractivity contribution is -0.122. The van der Waals surface area contributed by atoms with Crippen molar-refractivity contribution in [3.8, 4) is 0 Å². The first kappa shape index (κ1) is 12.0. The van der Waals surface area contributed by atoms with Gasteiger partial charge in [0.1, 0.15) is 12.4 Å². The van der Waals surface area contributed by atoms with Gasteiger partial charge >= 0.3 is 0 Å². The zero-order valence-electron chi connectivity index (χ0n) is 10.2. The average Bonchev–Trinajstić information content (AvgIpc) is 2.85. The first-order chi connectivity index (χ1) is 8.15. The lowest BCUT2D eigenvalue weighted by Gasteiger charge is -2.15. The molecule has 5 heteroatoms. The number of nitrogens with two attached hydrogens (primary N) is 1. The van der Waals surface area contributed by atoms with Gasteiger partial charge < -0.3 is 11.1 Å². The van der Waals surface area contributed by atoms with Gasteiger partial charge in [0.05, 0.1) is 0 Å². The Kier molecular flexibility index (Phi) is 3.66. The molecule has 94 valence electrons. The summed E-state index contributed by atoms with van der Waals surface area (Å²) in [4.78, 5) is 11.7. The first-order valence-corrected chi connectivity index (χ1v) is 6.21. The van der Waals surface area contributed by atoms with Gasteiger partial charge in [-0.25, -0.2) is 0 Å². The van der Waals surface area contributed by atoms with Crippen LogP contribution in [0.4, 0.5) is 5.82 Å². The van der Waals surface area contributed by atoms with Crippen LogP contribution in [0, 0.1) is 11.8 Å². The number of nitrogens with one attached hydrogen (secondary N) is 1. The largest absolute Gasteiger partial charge is 0.382 e. The molecule has 0 aliphatic heterocycles. The quantitative estimate of drug-likeness (QED) is 0.819. The Morgan fingerprint density at radius 1 is 1.65 bits per heavy atom. The predicted octanol–water partition coefficient (Wildman–Crippen LogP) is 1.02. The Bertz CT molecular complexity index is 388. The van der Waals surface area contributed by atoms with Crippen LogP contribution in [0.3, 0.4) is 0 Å². The van der Waals surface area contributed by atoms with Crippen LogP contribution >= 0.6 is 0 Å². The smallest absolute Gasteiger partial charge is 0.241 e. The number of carbonyl (C=O) groups excluding carboxylic acids is 1. The minimum atomic E-state index is 0.00667. The highest BCUT2D eigenvalue weighted by Gasteiger charge is 2.23. The summed E-state index contributed by atoms with van der Waals surface area (Å²) in [5.41, 5.74) is 5.48. The van der Waals surface area contributed by atoms with Gasteiger partial charge in [-0.05, 0) is 24.3 Å². The van der Waals surface area contributed by atoms with Gasteiger partial charge in [-0.15, -0.1) is 0 Å². The van der Waals surface area contributed by atoms with Crippen LogP contribution < -0.4 is 11.1 Å². The third-order valence-electron chi connectivity index (χ3n) is 3.57. The molecular formula is C12H20N4O. The lowest BCUT2D eigenvalue weighted by Crippen LogP contribution is -2.33.